The molecule has 0 radical (unpaired) electrons. The molecular weight excluding hydrogens is 382 g/mol. The van der Waals surface area contributed by atoms with Gasteiger partial charge < -0.3 is 29.2 Å². The van der Waals surface area contributed by atoms with Gasteiger partial charge in [-0.05, 0) is 61.2 Å². The van der Waals surface area contributed by atoms with Crippen molar-refractivity contribution in [1.82, 2.24) is 24.5 Å². The maximum atomic E-state index is 5.10. The topological polar surface area (TPSA) is 25.4 Å². The molecule has 174 valence electrons. The van der Waals surface area contributed by atoms with Crippen LogP contribution in [0.25, 0.3) is 0 Å². The largest absolute Gasteiger partial charge is 0.379 e. The van der Waals surface area contributed by atoms with E-state index in [0.29, 0.717) is 0 Å². The zero-order chi connectivity index (χ0) is 21.3. The van der Waals surface area contributed by atoms with E-state index in [1.165, 1.54) is 83.1 Å². The first kappa shape index (κ1) is 27.1. The summed E-state index contributed by atoms with van der Waals surface area (Å²) >= 11 is 2.06. The number of ether oxygens (including phenoxy) is 1. The average Bonchev–Trinajstić information content (AvgIpc) is 2.73. The van der Waals surface area contributed by atoms with Gasteiger partial charge in [-0.2, -0.15) is 11.8 Å². The molecule has 0 aromatic carbocycles. The summed E-state index contributed by atoms with van der Waals surface area (Å²) < 4.78 is 5.10. The van der Waals surface area contributed by atoms with Crippen molar-refractivity contribution in [1.29, 1.82) is 0 Å². The fourth-order valence-electron chi connectivity index (χ4n) is 3.27. The molecule has 4 aliphatic heterocycles. The van der Waals surface area contributed by atoms with Crippen molar-refractivity contribution < 1.29 is 4.74 Å². The van der Waals surface area contributed by atoms with E-state index in [4.69, 9.17) is 4.74 Å². The highest BCUT2D eigenvalue weighted by Crippen LogP contribution is 2.06. The maximum Gasteiger partial charge on any atom is 0.0594 e. The molecule has 0 unspecified atom stereocenters. The van der Waals surface area contributed by atoms with Gasteiger partial charge >= 0.3 is 0 Å². The molecule has 0 spiro atoms. The monoisotopic (exact) mass is 431 g/mol. The Balaban J connectivity index is 0.000000194. The number of thioether (sulfide) groups is 1. The normalized spacial score (nSPS) is 25.6. The van der Waals surface area contributed by atoms with E-state index < -0.39 is 0 Å². The molecule has 0 aromatic rings. The summed E-state index contributed by atoms with van der Waals surface area (Å²) in [5, 5.41) is 0. The third-order valence-corrected chi connectivity index (χ3v) is 6.72. The lowest BCUT2D eigenvalue weighted by atomic mass is 10.1. The van der Waals surface area contributed by atoms with Crippen molar-refractivity contribution in [3.05, 3.63) is 0 Å². The van der Waals surface area contributed by atoms with Crippen LogP contribution in [-0.4, -0.2) is 150 Å². The molecule has 4 rings (SSSR count). The van der Waals surface area contributed by atoms with Crippen LogP contribution in [0.3, 0.4) is 0 Å². The van der Waals surface area contributed by atoms with Gasteiger partial charge in [0.1, 0.15) is 0 Å². The Hall–Kier alpha value is 0.110. The highest BCUT2D eigenvalue weighted by Gasteiger charge is 2.08. The highest BCUT2D eigenvalue weighted by atomic mass is 32.2. The minimum atomic E-state index is 0.913. The molecule has 0 bridgehead atoms. The number of piperazine rings is 1. The Morgan fingerprint density at radius 3 is 1.10 bits per heavy atom. The molecule has 7 heteroatoms. The minimum absolute atomic E-state index is 0.913. The predicted molar refractivity (Wildman–Crippen MR) is 129 cm³/mol. The van der Waals surface area contributed by atoms with E-state index in [1.54, 1.807) is 0 Å². The minimum Gasteiger partial charge on any atom is -0.379 e. The summed E-state index contributed by atoms with van der Waals surface area (Å²) in [6, 6.07) is 0. The van der Waals surface area contributed by atoms with E-state index in [-0.39, 0.29) is 0 Å². The fraction of sp³-hybridized carbons (Fsp3) is 1.00. The van der Waals surface area contributed by atoms with Crippen LogP contribution in [0.1, 0.15) is 19.3 Å². The second kappa shape index (κ2) is 17.8. The van der Waals surface area contributed by atoms with Crippen LogP contribution < -0.4 is 0 Å². The zero-order valence-electron chi connectivity index (χ0n) is 20.1. The van der Waals surface area contributed by atoms with E-state index in [2.05, 4.69) is 71.5 Å². The molecule has 4 heterocycles. The Kier molecular flexibility index (Phi) is 16.6. The molecule has 0 aromatic heterocycles. The average molecular weight is 432 g/mol. The van der Waals surface area contributed by atoms with E-state index >= 15 is 0 Å². The third-order valence-electron chi connectivity index (χ3n) is 5.78. The molecule has 6 nitrogen and oxygen atoms in total. The summed E-state index contributed by atoms with van der Waals surface area (Å²) in [5.41, 5.74) is 0. The second-order valence-electron chi connectivity index (χ2n) is 8.80. The lowest BCUT2D eigenvalue weighted by Gasteiger charge is -2.28. The van der Waals surface area contributed by atoms with Gasteiger partial charge in [-0.15, -0.1) is 0 Å². The number of likely N-dealkylation sites (tertiary alicyclic amines) is 1. The Labute approximate surface area is 185 Å². The van der Waals surface area contributed by atoms with Crippen LogP contribution in [0, 0.1) is 0 Å². The third kappa shape index (κ3) is 16.5. The smallest absolute Gasteiger partial charge is 0.0594 e. The molecule has 0 amide bonds. The summed E-state index contributed by atoms with van der Waals surface area (Å²) in [4.78, 5) is 11.8. The Morgan fingerprint density at radius 1 is 0.448 bits per heavy atom. The van der Waals surface area contributed by atoms with Gasteiger partial charge in [0, 0.05) is 63.9 Å². The van der Waals surface area contributed by atoms with Crippen molar-refractivity contribution >= 4 is 11.8 Å². The van der Waals surface area contributed by atoms with Crippen molar-refractivity contribution in [2.45, 2.75) is 19.3 Å². The first-order chi connectivity index (χ1) is 14.0. The molecule has 0 saturated carbocycles. The molecule has 4 aliphatic rings. The van der Waals surface area contributed by atoms with Crippen LogP contribution in [0.15, 0.2) is 0 Å². The van der Waals surface area contributed by atoms with Crippen molar-refractivity contribution in [2.24, 2.45) is 0 Å². The molecule has 4 saturated heterocycles. The standard InChI is InChI=1S/C6H14N2.C6H13N.C5H11NO.C5H11NS/c1-7-3-5-8(2)6-4-7;1-7-5-3-2-4-6-7;2*1-6-2-4-7-5-3-6/h3-6H2,1-2H3;2-6H2,1H3;2*2-5H2,1H3. The van der Waals surface area contributed by atoms with Gasteiger partial charge in [0.25, 0.3) is 0 Å². The number of piperidine rings is 1. The molecular formula is C22H49N5OS. The molecule has 29 heavy (non-hydrogen) atoms. The van der Waals surface area contributed by atoms with Crippen LogP contribution in [0.2, 0.25) is 0 Å². The molecule has 0 N–H and O–H groups in total. The van der Waals surface area contributed by atoms with Gasteiger partial charge in [-0.25, -0.2) is 0 Å². The predicted octanol–water partition coefficient (Wildman–Crippen LogP) is 1.58. The lowest BCUT2D eigenvalue weighted by molar-refractivity contribution is 0.0503. The Bertz CT molecular complexity index is 303. The van der Waals surface area contributed by atoms with Gasteiger partial charge in [-0.1, -0.05) is 6.42 Å². The van der Waals surface area contributed by atoms with E-state index in [0.717, 1.165) is 26.3 Å². The van der Waals surface area contributed by atoms with Gasteiger partial charge in [0.05, 0.1) is 13.2 Å². The fourth-order valence-corrected chi connectivity index (χ4v) is 4.35. The first-order valence-corrected chi connectivity index (χ1v) is 12.7. The summed E-state index contributed by atoms with van der Waals surface area (Å²) in [7, 11) is 10.8. The highest BCUT2D eigenvalue weighted by molar-refractivity contribution is 7.99. The van der Waals surface area contributed by atoms with Crippen LogP contribution in [-0.2, 0) is 4.74 Å². The molecule has 4 fully saturated rings. The van der Waals surface area contributed by atoms with Gasteiger partial charge in [0.2, 0.25) is 0 Å². The number of rotatable bonds is 0. The number of morpholine rings is 1. The number of likely N-dealkylation sites (N-methyl/N-ethyl adjacent to an activating group) is 3. The van der Waals surface area contributed by atoms with Crippen molar-refractivity contribution in [2.75, 3.05) is 125 Å². The van der Waals surface area contributed by atoms with Crippen LogP contribution in [0.5, 0.6) is 0 Å². The maximum absolute atomic E-state index is 5.10. The van der Waals surface area contributed by atoms with Crippen LogP contribution in [0.4, 0.5) is 0 Å². The Morgan fingerprint density at radius 2 is 0.828 bits per heavy atom. The zero-order valence-corrected chi connectivity index (χ0v) is 20.9. The molecule has 0 aliphatic carbocycles. The van der Waals surface area contributed by atoms with Gasteiger partial charge in [0.15, 0.2) is 0 Å². The summed E-state index contributed by atoms with van der Waals surface area (Å²) in [6.45, 7) is 14.2. The van der Waals surface area contributed by atoms with Gasteiger partial charge in [-0.3, -0.25) is 0 Å². The number of hydrogen-bond acceptors (Lipinski definition) is 7. The first-order valence-electron chi connectivity index (χ1n) is 11.6. The quantitative estimate of drug-likeness (QED) is 0.574. The van der Waals surface area contributed by atoms with E-state index in [9.17, 15) is 0 Å². The second-order valence-corrected chi connectivity index (χ2v) is 10.0. The lowest BCUT2D eigenvalue weighted by Crippen LogP contribution is -2.42. The van der Waals surface area contributed by atoms with Crippen molar-refractivity contribution in [3.63, 3.8) is 0 Å². The van der Waals surface area contributed by atoms with Crippen molar-refractivity contribution in [3.8, 4) is 0 Å². The molecule has 0 atom stereocenters. The van der Waals surface area contributed by atoms with Crippen LogP contribution >= 0.6 is 11.8 Å². The summed E-state index contributed by atoms with van der Waals surface area (Å²) in [6.07, 6.45) is 4.28. The SMILES string of the molecule is CN1CCCCC1.CN1CCN(C)CC1.CN1CCOCC1.CN1CCSCC1. The van der Waals surface area contributed by atoms with E-state index in [1.807, 2.05) is 0 Å². The summed E-state index contributed by atoms with van der Waals surface area (Å²) in [5.74, 6) is 2.66. The number of hydrogen-bond donors (Lipinski definition) is 0. The number of nitrogens with zero attached hydrogens (tertiary/aromatic N) is 5.